The summed E-state index contributed by atoms with van der Waals surface area (Å²) < 4.78 is 0. The molecule has 1 aliphatic rings. The first kappa shape index (κ1) is 18.0. The smallest absolute Gasteiger partial charge is 0.228 e. The zero-order chi connectivity index (χ0) is 18.5. The van der Waals surface area contributed by atoms with Crippen LogP contribution in [-0.2, 0) is 9.59 Å². The number of nitrogens with zero attached hydrogens (tertiary/aromatic N) is 2. The van der Waals surface area contributed by atoms with Gasteiger partial charge in [-0.05, 0) is 57.4 Å². The number of carbonyl (C=O) groups excluding carboxylic acids is 2. The van der Waals surface area contributed by atoms with Gasteiger partial charge >= 0.3 is 0 Å². The summed E-state index contributed by atoms with van der Waals surface area (Å²) in [5.74, 6) is 0.652. The van der Waals surface area contributed by atoms with E-state index in [0.29, 0.717) is 18.1 Å². The Morgan fingerprint density at radius 2 is 1.31 bits per heavy atom. The molecule has 2 aromatic heterocycles. The molecule has 6 nitrogen and oxygen atoms in total. The van der Waals surface area contributed by atoms with E-state index >= 15 is 0 Å². The number of hydrogen-bond donors (Lipinski definition) is 2. The van der Waals surface area contributed by atoms with Gasteiger partial charge in [-0.15, -0.1) is 0 Å². The molecule has 0 aliphatic heterocycles. The second-order valence-electron chi connectivity index (χ2n) is 6.87. The molecule has 0 spiro atoms. The highest BCUT2D eigenvalue weighted by atomic mass is 16.2. The molecule has 0 aromatic carbocycles. The predicted molar refractivity (Wildman–Crippen MR) is 101 cm³/mol. The number of hydrogen-bond acceptors (Lipinski definition) is 4. The third-order valence-electron chi connectivity index (χ3n) is 4.69. The molecule has 0 unspecified atom stereocenters. The van der Waals surface area contributed by atoms with Crippen molar-refractivity contribution in [3.8, 4) is 0 Å². The van der Waals surface area contributed by atoms with Gasteiger partial charge in [0.05, 0.1) is 0 Å². The van der Waals surface area contributed by atoms with Crippen LogP contribution in [0, 0.1) is 25.7 Å². The molecule has 26 heavy (non-hydrogen) atoms. The van der Waals surface area contributed by atoms with Crippen molar-refractivity contribution in [2.75, 3.05) is 10.6 Å². The number of carbonyl (C=O) groups is 2. The fourth-order valence-electron chi connectivity index (χ4n) is 3.35. The fourth-order valence-corrected chi connectivity index (χ4v) is 3.35. The molecule has 0 radical (unpaired) electrons. The van der Waals surface area contributed by atoms with E-state index in [4.69, 9.17) is 0 Å². The Morgan fingerprint density at radius 3 is 1.73 bits per heavy atom. The second kappa shape index (κ2) is 8.08. The molecular formula is C20H24N4O2. The topological polar surface area (TPSA) is 84.0 Å². The van der Waals surface area contributed by atoms with Crippen LogP contribution in [0.4, 0.5) is 11.6 Å². The zero-order valence-corrected chi connectivity index (χ0v) is 15.2. The van der Waals surface area contributed by atoms with Crippen LogP contribution in [0.15, 0.2) is 36.4 Å². The summed E-state index contributed by atoms with van der Waals surface area (Å²) in [6.45, 7) is 3.77. The molecule has 136 valence electrons. The normalized spacial score (nSPS) is 19.6. The Labute approximate surface area is 153 Å². The number of anilines is 2. The first-order valence-corrected chi connectivity index (χ1v) is 9.00. The first-order chi connectivity index (χ1) is 12.5. The molecule has 2 atom stereocenters. The average molecular weight is 352 g/mol. The van der Waals surface area contributed by atoms with Gasteiger partial charge < -0.3 is 10.6 Å². The highest BCUT2D eigenvalue weighted by molar-refractivity contribution is 5.94. The van der Waals surface area contributed by atoms with Crippen molar-refractivity contribution in [1.82, 2.24) is 9.97 Å². The van der Waals surface area contributed by atoms with E-state index in [-0.39, 0.29) is 23.7 Å². The Morgan fingerprint density at radius 1 is 0.846 bits per heavy atom. The van der Waals surface area contributed by atoms with E-state index < -0.39 is 0 Å². The number of rotatable bonds is 4. The number of pyridine rings is 2. The van der Waals surface area contributed by atoms with Gasteiger partial charge in [0.25, 0.3) is 0 Å². The number of nitrogens with one attached hydrogen (secondary N) is 2. The summed E-state index contributed by atoms with van der Waals surface area (Å²) in [7, 11) is 0. The molecule has 1 saturated carbocycles. The predicted octanol–water partition coefficient (Wildman–Crippen LogP) is 3.48. The van der Waals surface area contributed by atoms with E-state index in [2.05, 4.69) is 20.6 Å². The summed E-state index contributed by atoms with van der Waals surface area (Å²) in [6, 6.07) is 11.1. The summed E-state index contributed by atoms with van der Waals surface area (Å²) in [4.78, 5) is 33.7. The Kier molecular flexibility index (Phi) is 5.61. The molecule has 1 aliphatic carbocycles. The summed E-state index contributed by atoms with van der Waals surface area (Å²) in [6.07, 6.45) is 3.00. The van der Waals surface area contributed by atoms with E-state index in [1.54, 1.807) is 12.1 Å². The van der Waals surface area contributed by atoms with E-state index in [9.17, 15) is 9.59 Å². The molecule has 3 rings (SSSR count). The monoisotopic (exact) mass is 352 g/mol. The maximum atomic E-state index is 12.6. The van der Waals surface area contributed by atoms with Gasteiger partial charge in [0.2, 0.25) is 11.8 Å². The van der Waals surface area contributed by atoms with Crippen LogP contribution in [0.1, 0.15) is 37.1 Å². The zero-order valence-electron chi connectivity index (χ0n) is 15.2. The van der Waals surface area contributed by atoms with Crippen LogP contribution in [-0.4, -0.2) is 21.8 Å². The van der Waals surface area contributed by atoms with E-state index in [0.717, 1.165) is 30.7 Å². The van der Waals surface area contributed by atoms with Gasteiger partial charge in [0, 0.05) is 23.2 Å². The van der Waals surface area contributed by atoms with E-state index in [1.165, 1.54) is 0 Å². The summed E-state index contributed by atoms with van der Waals surface area (Å²) in [5, 5.41) is 5.75. The molecule has 2 heterocycles. The largest absolute Gasteiger partial charge is 0.310 e. The van der Waals surface area contributed by atoms with Gasteiger partial charge in [-0.3, -0.25) is 9.59 Å². The quantitative estimate of drug-likeness (QED) is 0.882. The third kappa shape index (κ3) is 4.65. The fraction of sp³-hybridized carbons (Fsp3) is 0.400. The Bertz CT molecular complexity index is 740. The van der Waals surface area contributed by atoms with Crippen LogP contribution in [0.25, 0.3) is 0 Å². The number of aromatic nitrogens is 2. The second-order valence-corrected chi connectivity index (χ2v) is 6.87. The van der Waals surface area contributed by atoms with E-state index in [1.807, 2.05) is 38.1 Å². The Hall–Kier alpha value is -2.76. The Balaban J connectivity index is 1.59. The standard InChI is InChI=1S/C20H24N4O2/c1-13-6-3-10-17(21-13)23-19(25)15-8-5-9-16(12-15)20(26)24-18-11-4-7-14(2)22-18/h3-4,6-7,10-11,15-16H,5,8-9,12H2,1-2H3,(H,21,23,25)(H,22,24,26)/t15-,16-/m1/s1. The highest BCUT2D eigenvalue weighted by Crippen LogP contribution is 2.30. The minimum Gasteiger partial charge on any atom is -0.310 e. The third-order valence-corrected chi connectivity index (χ3v) is 4.69. The van der Waals surface area contributed by atoms with Gasteiger partial charge in [-0.1, -0.05) is 18.6 Å². The molecule has 2 amide bonds. The molecule has 2 aromatic rings. The van der Waals surface area contributed by atoms with Crippen molar-refractivity contribution in [3.63, 3.8) is 0 Å². The SMILES string of the molecule is Cc1cccc(NC(=O)[C@@H]2CCC[C@@H](C(=O)Nc3cccc(C)n3)C2)n1. The maximum Gasteiger partial charge on any atom is 0.228 e. The molecule has 6 heteroatoms. The highest BCUT2D eigenvalue weighted by Gasteiger charge is 2.31. The van der Waals surface area contributed by atoms with Crippen LogP contribution in [0.2, 0.25) is 0 Å². The first-order valence-electron chi connectivity index (χ1n) is 9.00. The maximum absolute atomic E-state index is 12.6. The van der Waals surface area contributed by atoms with Gasteiger partial charge in [-0.2, -0.15) is 0 Å². The summed E-state index contributed by atoms with van der Waals surface area (Å²) in [5.41, 5.74) is 1.71. The lowest BCUT2D eigenvalue weighted by molar-refractivity contribution is -0.124. The average Bonchev–Trinajstić information content (AvgIpc) is 2.62. The van der Waals surface area contributed by atoms with Crippen molar-refractivity contribution in [2.24, 2.45) is 11.8 Å². The van der Waals surface area contributed by atoms with Gasteiger partial charge in [-0.25, -0.2) is 9.97 Å². The summed E-state index contributed by atoms with van der Waals surface area (Å²) >= 11 is 0. The van der Waals surface area contributed by atoms with Gasteiger partial charge in [0.1, 0.15) is 11.6 Å². The number of aryl methyl sites for hydroxylation is 2. The van der Waals surface area contributed by atoms with Crippen LogP contribution >= 0.6 is 0 Å². The van der Waals surface area contributed by atoms with Crippen molar-refractivity contribution in [2.45, 2.75) is 39.5 Å². The van der Waals surface area contributed by atoms with Crippen molar-refractivity contribution < 1.29 is 9.59 Å². The van der Waals surface area contributed by atoms with Crippen LogP contribution < -0.4 is 10.6 Å². The molecule has 0 bridgehead atoms. The molecule has 1 fully saturated rings. The number of amides is 2. The lowest BCUT2D eigenvalue weighted by Crippen LogP contribution is -2.33. The van der Waals surface area contributed by atoms with Crippen LogP contribution in [0.5, 0.6) is 0 Å². The van der Waals surface area contributed by atoms with Crippen molar-refractivity contribution >= 4 is 23.5 Å². The van der Waals surface area contributed by atoms with Crippen molar-refractivity contribution in [1.29, 1.82) is 0 Å². The van der Waals surface area contributed by atoms with Crippen LogP contribution in [0.3, 0.4) is 0 Å². The van der Waals surface area contributed by atoms with Gasteiger partial charge in [0.15, 0.2) is 0 Å². The van der Waals surface area contributed by atoms with Crippen molar-refractivity contribution in [3.05, 3.63) is 47.8 Å². The minimum atomic E-state index is -0.174. The molecule has 2 N–H and O–H groups in total. The molecular weight excluding hydrogens is 328 g/mol. The minimum absolute atomic E-state index is 0.0609. The lowest BCUT2D eigenvalue weighted by Gasteiger charge is -2.27. The molecule has 0 saturated heterocycles. The lowest BCUT2D eigenvalue weighted by atomic mass is 9.80.